The Bertz CT molecular complexity index is 456. The van der Waals surface area contributed by atoms with Crippen LogP contribution < -0.4 is 0 Å². The molecule has 1 saturated carbocycles. The molecule has 1 aromatic rings. The second kappa shape index (κ2) is 6.81. The number of nitro groups is 1. The largest absolute Gasteiger partial charge is 0.396 e. The summed E-state index contributed by atoms with van der Waals surface area (Å²) in [5.74, 6) is 0.727. The van der Waals surface area contributed by atoms with Gasteiger partial charge < -0.3 is 15.2 Å². The van der Waals surface area contributed by atoms with E-state index in [0.29, 0.717) is 18.4 Å². The van der Waals surface area contributed by atoms with Crippen LogP contribution in [0, 0.1) is 17.0 Å². The zero-order valence-electron chi connectivity index (χ0n) is 11.9. The molecule has 7 nitrogen and oxygen atoms in total. The summed E-state index contributed by atoms with van der Waals surface area (Å²) in [5.41, 5.74) is 0. The van der Waals surface area contributed by atoms with Crippen LogP contribution in [0.15, 0.2) is 6.20 Å². The molecule has 112 valence electrons. The topological polar surface area (TPSA) is 84.4 Å². The van der Waals surface area contributed by atoms with Gasteiger partial charge in [0.15, 0.2) is 5.82 Å². The second-order valence-corrected chi connectivity index (χ2v) is 5.27. The summed E-state index contributed by atoms with van der Waals surface area (Å²) in [7, 11) is 0. The highest BCUT2D eigenvalue weighted by molar-refractivity contribution is 5.18. The van der Waals surface area contributed by atoms with Crippen LogP contribution in [0.2, 0.25) is 0 Å². The molecule has 1 heterocycles. The molecule has 0 radical (unpaired) electrons. The van der Waals surface area contributed by atoms with Crippen LogP contribution in [0.4, 0.5) is 5.82 Å². The maximum Gasteiger partial charge on any atom is 0.342 e. The van der Waals surface area contributed by atoms with Crippen molar-refractivity contribution in [3.8, 4) is 0 Å². The molecule has 1 aliphatic rings. The Morgan fingerprint density at radius 1 is 1.55 bits per heavy atom. The van der Waals surface area contributed by atoms with Gasteiger partial charge in [-0.15, -0.1) is 0 Å². The van der Waals surface area contributed by atoms with Crippen molar-refractivity contribution >= 4 is 5.82 Å². The van der Waals surface area contributed by atoms with Crippen molar-refractivity contribution in [2.45, 2.75) is 45.2 Å². The quantitative estimate of drug-likeness (QED) is 0.574. The van der Waals surface area contributed by atoms with Crippen molar-refractivity contribution in [2.75, 3.05) is 19.7 Å². The number of aliphatic hydroxyl groups is 1. The van der Waals surface area contributed by atoms with Gasteiger partial charge >= 0.3 is 5.82 Å². The summed E-state index contributed by atoms with van der Waals surface area (Å²) < 4.78 is 1.66. The van der Waals surface area contributed by atoms with E-state index in [2.05, 4.69) is 9.88 Å². The molecular formula is C13H22N4O3. The standard InChI is InChI=1S/C13H22N4O3/c1-11-14-10-13(17(19)20)16(11)8-7-15(6-3-9-18)12-4-2-5-12/h10,12,18H,2-9H2,1H3. The zero-order chi connectivity index (χ0) is 14.5. The SMILES string of the molecule is Cc1ncc([N+](=O)[O-])n1CCN(CCCO)C1CCC1. The summed E-state index contributed by atoms with van der Waals surface area (Å²) in [5, 5.41) is 19.9. The van der Waals surface area contributed by atoms with Gasteiger partial charge in [-0.05, 0) is 24.2 Å². The van der Waals surface area contributed by atoms with Crippen LogP contribution in [-0.2, 0) is 6.54 Å². The molecule has 0 saturated heterocycles. The molecule has 0 atom stereocenters. The number of rotatable bonds is 8. The number of hydrogen-bond donors (Lipinski definition) is 1. The monoisotopic (exact) mass is 282 g/mol. The highest BCUT2D eigenvalue weighted by Gasteiger charge is 2.26. The molecule has 0 aromatic carbocycles. The Hall–Kier alpha value is -1.47. The number of hydrogen-bond acceptors (Lipinski definition) is 5. The molecule has 2 rings (SSSR count). The van der Waals surface area contributed by atoms with E-state index in [1.54, 1.807) is 11.5 Å². The Kier molecular flexibility index (Phi) is 5.08. The van der Waals surface area contributed by atoms with Crippen LogP contribution in [0.5, 0.6) is 0 Å². The molecule has 1 aliphatic carbocycles. The number of nitrogens with zero attached hydrogens (tertiary/aromatic N) is 4. The fourth-order valence-electron chi connectivity index (χ4n) is 2.61. The second-order valence-electron chi connectivity index (χ2n) is 5.27. The fraction of sp³-hybridized carbons (Fsp3) is 0.769. The van der Waals surface area contributed by atoms with Crippen LogP contribution in [-0.4, -0.2) is 50.2 Å². The van der Waals surface area contributed by atoms with Crippen molar-refractivity contribution in [1.29, 1.82) is 0 Å². The predicted octanol–water partition coefficient (Wildman–Crippen LogP) is 1.34. The fourth-order valence-corrected chi connectivity index (χ4v) is 2.61. The van der Waals surface area contributed by atoms with Gasteiger partial charge in [0.05, 0.1) is 0 Å². The van der Waals surface area contributed by atoms with Crippen LogP contribution in [0.1, 0.15) is 31.5 Å². The van der Waals surface area contributed by atoms with E-state index < -0.39 is 0 Å². The number of aromatic nitrogens is 2. The normalized spacial score (nSPS) is 15.6. The maximum atomic E-state index is 11.0. The van der Waals surface area contributed by atoms with Crippen molar-refractivity contribution in [3.63, 3.8) is 0 Å². The first-order chi connectivity index (χ1) is 9.63. The van der Waals surface area contributed by atoms with Gasteiger partial charge in [-0.3, -0.25) is 4.90 Å². The van der Waals surface area contributed by atoms with Gasteiger partial charge in [-0.25, -0.2) is 9.55 Å². The minimum absolute atomic E-state index is 0.0539. The average molecular weight is 282 g/mol. The number of aliphatic hydroxyl groups excluding tert-OH is 1. The lowest BCUT2D eigenvalue weighted by molar-refractivity contribution is -0.392. The summed E-state index contributed by atoms with van der Waals surface area (Å²) in [6.07, 6.45) is 5.70. The molecule has 1 aromatic heterocycles. The van der Waals surface area contributed by atoms with Crippen molar-refractivity contribution in [3.05, 3.63) is 22.1 Å². The third kappa shape index (κ3) is 3.34. The number of imidazole rings is 1. The molecule has 0 bridgehead atoms. The summed E-state index contributed by atoms with van der Waals surface area (Å²) in [6.45, 7) is 4.16. The lowest BCUT2D eigenvalue weighted by Crippen LogP contribution is -2.42. The molecule has 1 fully saturated rings. The lowest BCUT2D eigenvalue weighted by atomic mass is 9.91. The molecule has 0 aliphatic heterocycles. The molecule has 0 unspecified atom stereocenters. The van der Waals surface area contributed by atoms with Gasteiger partial charge in [0.1, 0.15) is 12.7 Å². The molecular weight excluding hydrogens is 260 g/mol. The highest BCUT2D eigenvalue weighted by Crippen LogP contribution is 2.25. The van der Waals surface area contributed by atoms with Crippen molar-refractivity contribution in [1.82, 2.24) is 14.5 Å². The van der Waals surface area contributed by atoms with E-state index in [9.17, 15) is 10.1 Å². The minimum Gasteiger partial charge on any atom is -0.396 e. The molecule has 7 heteroatoms. The molecule has 0 amide bonds. The maximum absolute atomic E-state index is 11.0. The van der Waals surface area contributed by atoms with Crippen LogP contribution >= 0.6 is 0 Å². The number of aryl methyl sites for hydroxylation is 1. The van der Waals surface area contributed by atoms with E-state index in [4.69, 9.17) is 5.11 Å². The molecule has 20 heavy (non-hydrogen) atoms. The Labute approximate surface area is 118 Å². The first kappa shape index (κ1) is 14.9. The van der Waals surface area contributed by atoms with Gasteiger partial charge in [-0.2, -0.15) is 0 Å². The first-order valence-corrected chi connectivity index (χ1v) is 7.15. The summed E-state index contributed by atoms with van der Waals surface area (Å²) in [6, 6.07) is 0.574. The zero-order valence-corrected chi connectivity index (χ0v) is 11.9. The van der Waals surface area contributed by atoms with E-state index in [1.807, 2.05) is 0 Å². The van der Waals surface area contributed by atoms with E-state index >= 15 is 0 Å². The Morgan fingerprint density at radius 2 is 2.30 bits per heavy atom. The average Bonchev–Trinajstić information content (AvgIpc) is 2.72. The smallest absolute Gasteiger partial charge is 0.342 e. The van der Waals surface area contributed by atoms with Gasteiger partial charge in [-0.1, -0.05) is 6.42 Å². The summed E-state index contributed by atoms with van der Waals surface area (Å²) >= 11 is 0. The van der Waals surface area contributed by atoms with Crippen LogP contribution in [0.25, 0.3) is 0 Å². The van der Waals surface area contributed by atoms with Gasteiger partial charge in [0, 0.05) is 32.7 Å². The Morgan fingerprint density at radius 3 is 2.85 bits per heavy atom. The Balaban J connectivity index is 1.97. The van der Waals surface area contributed by atoms with E-state index in [0.717, 1.165) is 19.5 Å². The minimum atomic E-state index is -0.387. The highest BCUT2D eigenvalue weighted by atomic mass is 16.6. The van der Waals surface area contributed by atoms with E-state index in [-0.39, 0.29) is 17.3 Å². The van der Waals surface area contributed by atoms with Crippen LogP contribution in [0.3, 0.4) is 0 Å². The summed E-state index contributed by atoms with van der Waals surface area (Å²) in [4.78, 5) is 16.9. The van der Waals surface area contributed by atoms with Gasteiger partial charge in [0.25, 0.3) is 0 Å². The predicted molar refractivity (Wildman–Crippen MR) is 74.5 cm³/mol. The molecule has 1 N–H and O–H groups in total. The van der Waals surface area contributed by atoms with Crippen molar-refractivity contribution < 1.29 is 10.0 Å². The third-order valence-corrected chi connectivity index (χ3v) is 4.03. The van der Waals surface area contributed by atoms with Gasteiger partial charge in [0.2, 0.25) is 0 Å². The molecule has 0 spiro atoms. The first-order valence-electron chi connectivity index (χ1n) is 7.15. The third-order valence-electron chi connectivity index (χ3n) is 4.03. The van der Waals surface area contributed by atoms with E-state index in [1.165, 1.54) is 25.5 Å². The van der Waals surface area contributed by atoms with Crippen molar-refractivity contribution in [2.24, 2.45) is 0 Å². The lowest BCUT2D eigenvalue weighted by Gasteiger charge is -2.37.